The second kappa shape index (κ2) is 10.3. The van der Waals surface area contributed by atoms with Gasteiger partial charge in [0.1, 0.15) is 11.8 Å². The number of carbonyl (C=O) groups excluding carboxylic acids is 3. The lowest BCUT2D eigenvalue weighted by atomic mass is 9.97. The van der Waals surface area contributed by atoms with Crippen LogP contribution in [-0.4, -0.2) is 70.7 Å². The lowest BCUT2D eigenvalue weighted by molar-refractivity contribution is -0.300. The molecule has 1 aliphatic rings. The van der Waals surface area contributed by atoms with Crippen molar-refractivity contribution in [1.82, 2.24) is 15.0 Å². The van der Waals surface area contributed by atoms with Crippen LogP contribution in [0.4, 0.5) is 0 Å². The molecule has 0 amide bonds. The smallest absolute Gasteiger partial charge is 0.303 e. The lowest BCUT2D eigenvalue weighted by Gasteiger charge is -2.43. The summed E-state index contributed by atoms with van der Waals surface area (Å²) in [5.74, 6) is -1.91. The molecule has 0 spiro atoms. The van der Waals surface area contributed by atoms with Crippen LogP contribution >= 0.6 is 0 Å². The highest BCUT2D eigenvalue weighted by molar-refractivity contribution is 5.68. The number of rotatable bonds is 7. The molecule has 32 heavy (non-hydrogen) atoms. The SMILES string of the molecule is COC1OC(Cn2cc(-c3ccccc3)nn2)C(OC(C)=O)C(OC(C)=O)C1OC(C)=O. The second-order valence-electron chi connectivity index (χ2n) is 7.19. The molecule has 0 radical (unpaired) electrons. The summed E-state index contributed by atoms with van der Waals surface area (Å²) in [6.45, 7) is 3.72. The Morgan fingerprint density at radius 2 is 1.53 bits per heavy atom. The van der Waals surface area contributed by atoms with Gasteiger partial charge >= 0.3 is 17.9 Å². The zero-order chi connectivity index (χ0) is 23.3. The summed E-state index contributed by atoms with van der Waals surface area (Å²) in [6, 6.07) is 9.46. The molecule has 5 unspecified atom stereocenters. The molecule has 1 fully saturated rings. The molecular formula is C21H25N3O8. The Hall–Kier alpha value is -3.31. The molecule has 2 heterocycles. The van der Waals surface area contributed by atoms with E-state index in [0.717, 1.165) is 5.56 Å². The van der Waals surface area contributed by atoms with E-state index in [2.05, 4.69) is 10.3 Å². The van der Waals surface area contributed by atoms with E-state index in [1.807, 2.05) is 30.3 Å². The summed E-state index contributed by atoms with van der Waals surface area (Å²) in [5.41, 5.74) is 1.52. The third-order valence-corrected chi connectivity index (χ3v) is 4.70. The van der Waals surface area contributed by atoms with Gasteiger partial charge in [0.05, 0.1) is 12.7 Å². The van der Waals surface area contributed by atoms with Crippen LogP contribution in [-0.2, 0) is 44.6 Å². The van der Waals surface area contributed by atoms with Crippen molar-refractivity contribution in [3.05, 3.63) is 36.5 Å². The number of aromatic nitrogens is 3. The number of hydrogen-bond donors (Lipinski definition) is 0. The van der Waals surface area contributed by atoms with Crippen molar-refractivity contribution < 1.29 is 38.1 Å². The Morgan fingerprint density at radius 1 is 0.938 bits per heavy atom. The third-order valence-electron chi connectivity index (χ3n) is 4.70. The van der Waals surface area contributed by atoms with Crippen molar-refractivity contribution >= 4 is 17.9 Å². The Balaban J connectivity index is 1.90. The van der Waals surface area contributed by atoms with Gasteiger partial charge in [-0.05, 0) is 0 Å². The fourth-order valence-electron chi connectivity index (χ4n) is 3.50. The van der Waals surface area contributed by atoms with Gasteiger partial charge in [0.2, 0.25) is 0 Å². The Bertz CT molecular complexity index is 948. The zero-order valence-electron chi connectivity index (χ0n) is 18.2. The number of nitrogens with zero attached hydrogens (tertiary/aromatic N) is 3. The highest BCUT2D eigenvalue weighted by Crippen LogP contribution is 2.30. The first kappa shape index (κ1) is 23.4. The van der Waals surface area contributed by atoms with Crippen molar-refractivity contribution in [1.29, 1.82) is 0 Å². The number of hydrogen-bond acceptors (Lipinski definition) is 10. The summed E-state index contributed by atoms with van der Waals surface area (Å²) >= 11 is 0. The van der Waals surface area contributed by atoms with Gasteiger partial charge in [-0.15, -0.1) is 5.10 Å². The summed E-state index contributed by atoms with van der Waals surface area (Å²) in [6.07, 6.45) is -3.58. The number of benzene rings is 1. The molecule has 0 saturated carbocycles. The van der Waals surface area contributed by atoms with Crippen LogP contribution in [0.2, 0.25) is 0 Å². The molecule has 1 aromatic carbocycles. The van der Waals surface area contributed by atoms with Crippen molar-refractivity contribution in [3.8, 4) is 11.3 Å². The van der Waals surface area contributed by atoms with E-state index in [9.17, 15) is 14.4 Å². The second-order valence-corrected chi connectivity index (χ2v) is 7.19. The summed E-state index contributed by atoms with van der Waals surface area (Å²) in [7, 11) is 1.36. The molecule has 1 aromatic heterocycles. The van der Waals surface area contributed by atoms with Gasteiger partial charge in [-0.1, -0.05) is 35.5 Å². The molecule has 172 valence electrons. The van der Waals surface area contributed by atoms with Crippen LogP contribution < -0.4 is 0 Å². The average Bonchev–Trinajstić information content (AvgIpc) is 3.20. The number of methoxy groups -OCH3 is 1. The van der Waals surface area contributed by atoms with Gasteiger partial charge in [0.15, 0.2) is 24.6 Å². The highest BCUT2D eigenvalue weighted by atomic mass is 16.7. The number of esters is 3. The van der Waals surface area contributed by atoms with E-state index in [1.54, 1.807) is 6.20 Å². The fourth-order valence-corrected chi connectivity index (χ4v) is 3.50. The first-order valence-corrected chi connectivity index (χ1v) is 9.94. The van der Waals surface area contributed by atoms with E-state index < -0.39 is 48.6 Å². The van der Waals surface area contributed by atoms with Crippen molar-refractivity contribution in [3.63, 3.8) is 0 Å². The fraction of sp³-hybridized carbons (Fsp3) is 0.476. The summed E-state index contributed by atoms with van der Waals surface area (Å²) in [5, 5.41) is 8.28. The van der Waals surface area contributed by atoms with Crippen LogP contribution in [0.15, 0.2) is 36.5 Å². The maximum atomic E-state index is 11.8. The molecular weight excluding hydrogens is 422 g/mol. The van der Waals surface area contributed by atoms with E-state index >= 15 is 0 Å². The molecule has 1 aliphatic heterocycles. The number of ether oxygens (including phenoxy) is 5. The molecule has 0 aliphatic carbocycles. The lowest BCUT2D eigenvalue weighted by Crippen LogP contribution is -2.62. The van der Waals surface area contributed by atoms with Gasteiger partial charge in [-0.25, -0.2) is 4.68 Å². The minimum Gasteiger partial charge on any atom is -0.456 e. The molecule has 2 aromatic rings. The Kier molecular flexibility index (Phi) is 7.54. The Morgan fingerprint density at radius 3 is 2.12 bits per heavy atom. The molecule has 5 atom stereocenters. The zero-order valence-corrected chi connectivity index (χ0v) is 18.2. The van der Waals surface area contributed by atoms with Gasteiger partial charge in [-0.3, -0.25) is 14.4 Å². The first-order chi connectivity index (χ1) is 15.3. The van der Waals surface area contributed by atoms with Crippen molar-refractivity contribution in [2.45, 2.75) is 58.0 Å². The quantitative estimate of drug-likeness (QED) is 0.450. The van der Waals surface area contributed by atoms with Gasteiger partial charge < -0.3 is 23.7 Å². The molecule has 1 saturated heterocycles. The average molecular weight is 447 g/mol. The number of carbonyl (C=O) groups is 3. The molecule has 3 rings (SSSR count). The normalized spacial score (nSPS) is 25.1. The van der Waals surface area contributed by atoms with Gasteiger partial charge in [-0.2, -0.15) is 0 Å². The van der Waals surface area contributed by atoms with Gasteiger partial charge in [0.25, 0.3) is 0 Å². The summed E-state index contributed by atoms with van der Waals surface area (Å²) < 4.78 is 28.9. The van der Waals surface area contributed by atoms with Crippen molar-refractivity contribution in [2.24, 2.45) is 0 Å². The summed E-state index contributed by atoms with van der Waals surface area (Å²) in [4.78, 5) is 35.2. The van der Waals surface area contributed by atoms with E-state index in [-0.39, 0.29) is 6.54 Å². The van der Waals surface area contributed by atoms with Gasteiger partial charge in [0, 0.05) is 33.4 Å². The van der Waals surface area contributed by atoms with Crippen LogP contribution in [0.1, 0.15) is 20.8 Å². The van der Waals surface area contributed by atoms with Crippen LogP contribution in [0.3, 0.4) is 0 Å². The predicted octanol–water partition coefficient (Wildman–Crippen LogP) is 1.11. The first-order valence-electron chi connectivity index (χ1n) is 9.94. The largest absolute Gasteiger partial charge is 0.456 e. The van der Waals surface area contributed by atoms with Crippen LogP contribution in [0, 0.1) is 0 Å². The van der Waals surface area contributed by atoms with E-state index in [1.165, 1.54) is 32.6 Å². The van der Waals surface area contributed by atoms with E-state index in [0.29, 0.717) is 5.69 Å². The van der Waals surface area contributed by atoms with Crippen LogP contribution in [0.25, 0.3) is 11.3 Å². The molecule has 11 heteroatoms. The monoisotopic (exact) mass is 447 g/mol. The molecule has 11 nitrogen and oxygen atoms in total. The topological polar surface area (TPSA) is 128 Å². The minimum absolute atomic E-state index is 0.0994. The minimum atomic E-state index is -1.15. The maximum Gasteiger partial charge on any atom is 0.303 e. The molecule has 0 N–H and O–H groups in total. The van der Waals surface area contributed by atoms with Crippen LogP contribution in [0.5, 0.6) is 0 Å². The maximum absolute atomic E-state index is 11.8. The Labute approximate surface area is 184 Å². The molecule has 0 bridgehead atoms. The highest BCUT2D eigenvalue weighted by Gasteiger charge is 2.52. The van der Waals surface area contributed by atoms with Crippen molar-refractivity contribution in [2.75, 3.05) is 7.11 Å². The standard InChI is InChI=1S/C21H25N3O8/c1-12(25)29-18-17(11-24-10-16(22-23-24)15-8-6-5-7-9-15)32-21(28-4)20(31-14(3)27)19(18)30-13(2)26/h5-10,17-21H,11H2,1-4H3. The third kappa shape index (κ3) is 5.68. The predicted molar refractivity (Wildman–Crippen MR) is 108 cm³/mol. The van der Waals surface area contributed by atoms with E-state index in [4.69, 9.17) is 23.7 Å².